The molecule has 142 valence electrons. The summed E-state index contributed by atoms with van der Waals surface area (Å²) in [6.07, 6.45) is 3.49. The van der Waals surface area contributed by atoms with Crippen LogP contribution in [-0.2, 0) is 11.3 Å². The Kier molecular flexibility index (Phi) is 6.06. The first-order valence-corrected chi connectivity index (χ1v) is 10.2. The Balaban J connectivity index is 1.95. The van der Waals surface area contributed by atoms with Crippen LogP contribution >= 0.6 is 11.3 Å². The number of unbranched alkanes of at least 4 members (excludes halogenated alkanes) is 1. The first kappa shape index (κ1) is 19.3. The van der Waals surface area contributed by atoms with Gasteiger partial charge in [-0.2, -0.15) is 0 Å². The Morgan fingerprint density at radius 2 is 1.96 bits per heavy atom. The van der Waals surface area contributed by atoms with Crippen molar-refractivity contribution in [1.82, 2.24) is 14.5 Å². The molecule has 0 spiro atoms. The molecule has 3 rings (SSSR count). The predicted octanol–water partition coefficient (Wildman–Crippen LogP) is 4.08. The fourth-order valence-corrected chi connectivity index (χ4v) is 3.99. The van der Waals surface area contributed by atoms with E-state index >= 15 is 0 Å². The second-order valence-corrected chi connectivity index (χ2v) is 7.56. The molecule has 2 aromatic heterocycles. The van der Waals surface area contributed by atoms with Gasteiger partial charge >= 0.3 is 0 Å². The van der Waals surface area contributed by atoms with Gasteiger partial charge in [0.25, 0.3) is 5.56 Å². The van der Waals surface area contributed by atoms with Gasteiger partial charge in [0.1, 0.15) is 11.4 Å². The second-order valence-electron chi connectivity index (χ2n) is 6.70. The molecule has 3 aromatic rings. The van der Waals surface area contributed by atoms with Crippen LogP contribution in [0.2, 0.25) is 0 Å². The van der Waals surface area contributed by atoms with Crippen molar-refractivity contribution >= 4 is 27.5 Å². The molecule has 0 aliphatic rings. The maximum atomic E-state index is 13.1. The van der Waals surface area contributed by atoms with E-state index in [0.29, 0.717) is 16.8 Å². The topological polar surface area (TPSA) is 55.2 Å². The highest BCUT2D eigenvalue weighted by atomic mass is 32.1. The van der Waals surface area contributed by atoms with Gasteiger partial charge in [0.05, 0.1) is 11.7 Å². The van der Waals surface area contributed by atoms with E-state index in [9.17, 15) is 9.59 Å². The first-order chi connectivity index (χ1) is 13.0. The molecular weight excluding hydrogens is 358 g/mol. The summed E-state index contributed by atoms with van der Waals surface area (Å²) >= 11 is 1.46. The molecule has 0 saturated carbocycles. The van der Waals surface area contributed by atoms with Crippen molar-refractivity contribution in [2.24, 2.45) is 0 Å². The zero-order valence-corrected chi connectivity index (χ0v) is 16.9. The van der Waals surface area contributed by atoms with Crippen LogP contribution in [-0.4, -0.2) is 33.4 Å². The maximum absolute atomic E-state index is 13.1. The average molecular weight is 384 g/mol. The molecular formula is C21H25N3O2S. The third-order valence-corrected chi connectivity index (χ3v) is 5.63. The van der Waals surface area contributed by atoms with Gasteiger partial charge in [-0.15, -0.1) is 11.3 Å². The number of aryl methyl sites for hydroxylation is 1. The van der Waals surface area contributed by atoms with Crippen molar-refractivity contribution in [3.63, 3.8) is 0 Å². The van der Waals surface area contributed by atoms with Gasteiger partial charge in [-0.25, -0.2) is 4.98 Å². The zero-order valence-electron chi connectivity index (χ0n) is 16.1. The highest BCUT2D eigenvalue weighted by Crippen LogP contribution is 2.30. The third kappa shape index (κ3) is 4.11. The van der Waals surface area contributed by atoms with E-state index in [-0.39, 0.29) is 18.0 Å². The highest BCUT2D eigenvalue weighted by Gasteiger charge is 2.17. The Morgan fingerprint density at radius 3 is 2.63 bits per heavy atom. The molecule has 0 N–H and O–H groups in total. The number of thiophene rings is 1. The van der Waals surface area contributed by atoms with Gasteiger partial charge in [0.2, 0.25) is 5.91 Å². The molecule has 1 amide bonds. The van der Waals surface area contributed by atoms with Crippen molar-refractivity contribution in [3.05, 3.63) is 51.9 Å². The van der Waals surface area contributed by atoms with Crippen molar-refractivity contribution in [2.75, 3.05) is 13.1 Å². The molecule has 27 heavy (non-hydrogen) atoms. The Morgan fingerprint density at radius 1 is 1.22 bits per heavy atom. The number of fused-ring (bicyclic) bond motifs is 1. The molecule has 0 radical (unpaired) electrons. The molecule has 2 heterocycles. The largest absolute Gasteiger partial charge is 0.341 e. The SMILES string of the molecule is CCCCN(CC)C(=O)Cn1cnc2scc(-c3ccc(C)cc3)c2c1=O. The third-order valence-electron chi connectivity index (χ3n) is 4.74. The second kappa shape index (κ2) is 8.48. The zero-order chi connectivity index (χ0) is 19.4. The molecule has 5 nitrogen and oxygen atoms in total. The summed E-state index contributed by atoms with van der Waals surface area (Å²) in [5, 5.41) is 2.56. The van der Waals surface area contributed by atoms with Crippen molar-refractivity contribution in [2.45, 2.75) is 40.2 Å². The van der Waals surface area contributed by atoms with E-state index in [2.05, 4.69) is 11.9 Å². The van der Waals surface area contributed by atoms with Gasteiger partial charge < -0.3 is 4.90 Å². The lowest BCUT2D eigenvalue weighted by Crippen LogP contribution is -2.37. The van der Waals surface area contributed by atoms with E-state index in [4.69, 9.17) is 0 Å². The minimum atomic E-state index is -0.156. The number of benzene rings is 1. The van der Waals surface area contributed by atoms with Crippen molar-refractivity contribution in [1.29, 1.82) is 0 Å². The number of amides is 1. The number of hydrogen-bond acceptors (Lipinski definition) is 4. The number of carbonyl (C=O) groups excluding carboxylic acids is 1. The van der Waals surface area contributed by atoms with Crippen LogP contribution in [0.5, 0.6) is 0 Å². The minimum absolute atomic E-state index is 0.0303. The quantitative estimate of drug-likeness (QED) is 0.618. The summed E-state index contributed by atoms with van der Waals surface area (Å²) < 4.78 is 1.43. The van der Waals surface area contributed by atoms with Crippen molar-refractivity contribution < 1.29 is 4.79 Å². The maximum Gasteiger partial charge on any atom is 0.263 e. The standard InChI is InChI=1S/C21H25N3O2S/c1-4-6-11-23(5-2)18(25)12-24-14-22-20-19(21(24)26)17(13-27-20)16-9-7-15(3)8-10-16/h7-10,13-14H,4-6,11-12H2,1-3H3. The Bertz CT molecular complexity index is 989. The molecule has 0 unspecified atom stereocenters. The summed E-state index contributed by atoms with van der Waals surface area (Å²) in [5.41, 5.74) is 2.89. The van der Waals surface area contributed by atoms with E-state index in [0.717, 1.165) is 30.5 Å². The molecule has 0 aliphatic carbocycles. The Hall–Kier alpha value is -2.47. The fourth-order valence-electron chi connectivity index (χ4n) is 3.08. The van der Waals surface area contributed by atoms with Gasteiger partial charge in [-0.1, -0.05) is 43.2 Å². The number of likely N-dealkylation sites (N-methyl/N-ethyl adjacent to an activating group) is 1. The van der Waals surface area contributed by atoms with Crippen LogP contribution in [0.3, 0.4) is 0 Å². The van der Waals surface area contributed by atoms with Gasteiger partial charge in [-0.05, 0) is 25.8 Å². The normalized spacial score (nSPS) is 11.1. The number of aromatic nitrogens is 2. The summed E-state index contributed by atoms with van der Waals surface area (Å²) in [5.74, 6) is -0.0404. The highest BCUT2D eigenvalue weighted by molar-refractivity contribution is 7.17. The van der Waals surface area contributed by atoms with E-state index in [1.165, 1.54) is 27.8 Å². The van der Waals surface area contributed by atoms with E-state index in [1.54, 1.807) is 4.90 Å². The number of carbonyl (C=O) groups is 1. The number of rotatable bonds is 7. The lowest BCUT2D eigenvalue weighted by atomic mass is 10.1. The van der Waals surface area contributed by atoms with E-state index in [1.807, 2.05) is 43.5 Å². The molecule has 0 bridgehead atoms. The lowest BCUT2D eigenvalue weighted by Gasteiger charge is -2.21. The average Bonchev–Trinajstić information content (AvgIpc) is 3.10. The monoisotopic (exact) mass is 383 g/mol. The summed E-state index contributed by atoms with van der Waals surface area (Å²) in [7, 11) is 0. The summed E-state index contributed by atoms with van der Waals surface area (Å²) in [6, 6.07) is 8.10. The molecule has 0 atom stereocenters. The van der Waals surface area contributed by atoms with Crippen LogP contribution in [0.15, 0.2) is 40.8 Å². The van der Waals surface area contributed by atoms with Crippen LogP contribution < -0.4 is 5.56 Å². The van der Waals surface area contributed by atoms with Gasteiger partial charge in [0.15, 0.2) is 0 Å². The van der Waals surface area contributed by atoms with E-state index < -0.39 is 0 Å². The first-order valence-electron chi connectivity index (χ1n) is 9.36. The lowest BCUT2D eigenvalue weighted by molar-refractivity contribution is -0.131. The predicted molar refractivity (Wildman–Crippen MR) is 111 cm³/mol. The fraction of sp³-hybridized carbons (Fsp3) is 0.381. The molecule has 6 heteroatoms. The number of hydrogen-bond donors (Lipinski definition) is 0. The van der Waals surface area contributed by atoms with Crippen LogP contribution in [0.4, 0.5) is 0 Å². The summed E-state index contributed by atoms with van der Waals surface area (Å²) in [6.45, 7) is 7.51. The van der Waals surface area contributed by atoms with Gasteiger partial charge in [-0.3, -0.25) is 14.2 Å². The van der Waals surface area contributed by atoms with Crippen LogP contribution in [0, 0.1) is 6.92 Å². The molecule has 1 aromatic carbocycles. The molecule has 0 fully saturated rings. The Labute approximate surface area is 163 Å². The smallest absolute Gasteiger partial charge is 0.263 e. The summed E-state index contributed by atoms with van der Waals surface area (Å²) in [4.78, 5) is 32.6. The molecule has 0 saturated heterocycles. The molecule has 0 aliphatic heterocycles. The number of nitrogens with zero attached hydrogens (tertiary/aromatic N) is 3. The minimum Gasteiger partial charge on any atom is -0.341 e. The van der Waals surface area contributed by atoms with Crippen molar-refractivity contribution in [3.8, 4) is 11.1 Å². The van der Waals surface area contributed by atoms with Crippen LogP contribution in [0.25, 0.3) is 21.3 Å². The van der Waals surface area contributed by atoms with Crippen LogP contribution in [0.1, 0.15) is 32.3 Å². The van der Waals surface area contributed by atoms with Gasteiger partial charge in [0, 0.05) is 24.0 Å².